The van der Waals surface area contributed by atoms with Gasteiger partial charge in [-0.15, -0.1) is 0 Å². The van der Waals surface area contributed by atoms with Crippen molar-refractivity contribution in [1.29, 1.82) is 0 Å². The summed E-state index contributed by atoms with van der Waals surface area (Å²) in [6, 6.07) is 22.2. The van der Waals surface area contributed by atoms with Gasteiger partial charge >= 0.3 is 0 Å². The first kappa shape index (κ1) is 23.1. The van der Waals surface area contributed by atoms with Crippen molar-refractivity contribution >= 4 is 34.7 Å². The summed E-state index contributed by atoms with van der Waals surface area (Å²) in [5.74, 6) is -0.0699. The van der Waals surface area contributed by atoms with Crippen LogP contribution in [0, 0.1) is 6.92 Å². The number of halogens is 2. The number of carbonyl (C=O) groups is 2. The number of rotatable bonds is 2. The molecule has 3 aromatic carbocycles. The molecule has 0 saturated heterocycles. The van der Waals surface area contributed by atoms with Crippen LogP contribution in [-0.4, -0.2) is 11.7 Å². The smallest absolute Gasteiger partial charge is 0.259 e. The molecular weight excluding hydrogens is 455 g/mol. The minimum absolute atomic E-state index is 0. The number of nitrogens with zero attached hydrogens (tertiary/aromatic N) is 1. The Hall–Kier alpha value is -3.08. The second-order valence-electron chi connectivity index (χ2n) is 8.31. The summed E-state index contributed by atoms with van der Waals surface area (Å²) < 4.78 is 0. The predicted octanol–water partition coefficient (Wildman–Crippen LogP) is 3.47. The van der Waals surface area contributed by atoms with Crippen molar-refractivity contribution in [2.75, 3.05) is 10.2 Å². The lowest BCUT2D eigenvalue weighted by atomic mass is 9.85. The SMILES string of the molecule is Cc1ccc(C(=O)N2c3ccccc3NC3=C(C(=O)CCC3)C2c2ccc(Cl)cc2)cc1.[Cl-]. The first-order valence-corrected chi connectivity index (χ1v) is 11.2. The van der Waals surface area contributed by atoms with E-state index in [1.807, 2.05) is 79.7 Å². The van der Waals surface area contributed by atoms with Crippen LogP contribution in [0.25, 0.3) is 0 Å². The Morgan fingerprint density at radius 3 is 2.39 bits per heavy atom. The summed E-state index contributed by atoms with van der Waals surface area (Å²) in [7, 11) is 0. The molecule has 0 radical (unpaired) electrons. The van der Waals surface area contributed by atoms with Crippen LogP contribution in [0.2, 0.25) is 5.02 Å². The van der Waals surface area contributed by atoms with Crippen molar-refractivity contribution < 1.29 is 22.0 Å². The van der Waals surface area contributed by atoms with Gasteiger partial charge in [0.1, 0.15) is 0 Å². The molecule has 168 valence electrons. The van der Waals surface area contributed by atoms with Crippen molar-refractivity contribution in [3.05, 3.63) is 106 Å². The van der Waals surface area contributed by atoms with Crippen molar-refractivity contribution in [3.8, 4) is 0 Å². The third-order valence-corrected chi connectivity index (χ3v) is 6.39. The number of aryl methyl sites for hydroxylation is 1. The molecule has 2 aliphatic rings. The summed E-state index contributed by atoms with van der Waals surface area (Å²) in [5, 5.41) is 4.10. The minimum atomic E-state index is -0.542. The first-order chi connectivity index (χ1) is 15.5. The fraction of sp³-hybridized carbons (Fsp3) is 0.185. The van der Waals surface area contributed by atoms with Crippen LogP contribution in [0.4, 0.5) is 11.4 Å². The number of allylic oxidation sites excluding steroid dienone is 1. The molecule has 3 aromatic rings. The van der Waals surface area contributed by atoms with Crippen molar-refractivity contribution in [3.63, 3.8) is 0 Å². The molecule has 1 unspecified atom stereocenters. The highest BCUT2D eigenvalue weighted by atomic mass is 35.5. The Morgan fingerprint density at radius 2 is 1.67 bits per heavy atom. The number of hydrogen-bond acceptors (Lipinski definition) is 3. The third-order valence-electron chi connectivity index (χ3n) is 6.14. The summed E-state index contributed by atoms with van der Waals surface area (Å²) in [6.07, 6.45) is 2.05. The Labute approximate surface area is 204 Å². The zero-order valence-electron chi connectivity index (χ0n) is 18.1. The largest absolute Gasteiger partial charge is 1.00 e. The fourth-order valence-electron chi connectivity index (χ4n) is 4.55. The monoisotopic (exact) mass is 477 g/mol. The van der Waals surface area contributed by atoms with Crippen LogP contribution in [0.1, 0.15) is 46.8 Å². The number of para-hydroxylation sites is 2. The van der Waals surface area contributed by atoms with Crippen LogP contribution < -0.4 is 22.6 Å². The second-order valence-corrected chi connectivity index (χ2v) is 8.74. The summed E-state index contributed by atoms with van der Waals surface area (Å²) in [6.45, 7) is 1.99. The molecule has 1 amide bonds. The lowest BCUT2D eigenvalue weighted by molar-refractivity contribution is -0.116. The minimum Gasteiger partial charge on any atom is -1.00 e. The molecule has 0 aromatic heterocycles. The predicted molar refractivity (Wildman–Crippen MR) is 128 cm³/mol. The molecule has 33 heavy (non-hydrogen) atoms. The van der Waals surface area contributed by atoms with Gasteiger partial charge in [-0.2, -0.15) is 0 Å². The second kappa shape index (κ2) is 9.42. The quantitative estimate of drug-likeness (QED) is 0.614. The summed E-state index contributed by atoms with van der Waals surface area (Å²) >= 11 is 6.17. The lowest BCUT2D eigenvalue weighted by Gasteiger charge is -2.34. The van der Waals surface area contributed by atoms with Gasteiger partial charge in [0.2, 0.25) is 0 Å². The third kappa shape index (κ3) is 4.29. The van der Waals surface area contributed by atoms with E-state index in [-0.39, 0.29) is 24.1 Å². The number of carbonyl (C=O) groups excluding carboxylic acids is 2. The van der Waals surface area contributed by atoms with Crippen LogP contribution in [0.5, 0.6) is 0 Å². The molecule has 6 heteroatoms. The van der Waals surface area contributed by atoms with Crippen LogP contribution >= 0.6 is 11.6 Å². The van der Waals surface area contributed by atoms with E-state index in [2.05, 4.69) is 5.32 Å². The van der Waals surface area contributed by atoms with Gasteiger partial charge < -0.3 is 17.7 Å². The number of nitrogens with one attached hydrogen (secondary N) is 1. The number of hydrogen-bond donors (Lipinski definition) is 1. The van der Waals surface area contributed by atoms with E-state index in [9.17, 15) is 9.59 Å². The Balaban J connectivity index is 0.00000259. The highest BCUT2D eigenvalue weighted by Gasteiger charge is 2.39. The number of anilines is 2. The number of Topliss-reactive ketones (excluding diaryl/α,β-unsaturated/α-hetero) is 1. The van der Waals surface area contributed by atoms with E-state index in [0.717, 1.165) is 41.0 Å². The Kier molecular flexibility index (Phi) is 6.59. The van der Waals surface area contributed by atoms with Gasteiger partial charge in [-0.25, -0.2) is 0 Å². The molecular formula is C27H23Cl2N2O2-. The normalized spacial score (nSPS) is 17.3. The first-order valence-electron chi connectivity index (χ1n) is 10.8. The molecule has 5 rings (SSSR count). The zero-order chi connectivity index (χ0) is 22.2. The van der Waals surface area contributed by atoms with Gasteiger partial charge in [-0.05, 0) is 61.7 Å². The molecule has 0 saturated carbocycles. The van der Waals surface area contributed by atoms with Crippen LogP contribution in [0.15, 0.2) is 84.1 Å². The van der Waals surface area contributed by atoms with E-state index in [1.165, 1.54) is 0 Å². The average molecular weight is 478 g/mol. The maximum atomic E-state index is 14.0. The van der Waals surface area contributed by atoms with Gasteiger partial charge in [-0.1, -0.05) is 53.6 Å². The van der Waals surface area contributed by atoms with Crippen molar-refractivity contribution in [1.82, 2.24) is 0 Å². The average Bonchev–Trinajstić information content (AvgIpc) is 2.95. The van der Waals surface area contributed by atoms with E-state index in [1.54, 1.807) is 4.90 Å². The van der Waals surface area contributed by atoms with E-state index in [4.69, 9.17) is 11.6 Å². The van der Waals surface area contributed by atoms with E-state index < -0.39 is 6.04 Å². The Morgan fingerprint density at radius 1 is 0.970 bits per heavy atom. The number of ketones is 1. The molecule has 1 N–H and O–H groups in total. The maximum absolute atomic E-state index is 14.0. The molecule has 0 fully saturated rings. The number of fused-ring (bicyclic) bond motifs is 1. The fourth-order valence-corrected chi connectivity index (χ4v) is 4.68. The highest BCUT2D eigenvalue weighted by Crippen LogP contribution is 2.45. The van der Waals surface area contributed by atoms with Crippen LogP contribution in [0.3, 0.4) is 0 Å². The number of amides is 1. The van der Waals surface area contributed by atoms with Gasteiger partial charge in [0.05, 0.1) is 17.4 Å². The lowest BCUT2D eigenvalue weighted by Crippen LogP contribution is -3.00. The van der Waals surface area contributed by atoms with Gasteiger partial charge in [0.25, 0.3) is 5.91 Å². The van der Waals surface area contributed by atoms with E-state index >= 15 is 0 Å². The summed E-state index contributed by atoms with van der Waals surface area (Å²) in [5.41, 5.74) is 5.66. The standard InChI is InChI=1S/C27H23ClN2O2.ClH/c1-17-9-11-19(12-10-17)27(32)30-23-7-3-2-5-21(23)29-22-6-4-8-24(31)25(22)26(30)18-13-15-20(28)16-14-18;/h2-3,5,7,9-16,26,29H,4,6,8H2,1H3;1H/p-1. The number of benzene rings is 3. The molecule has 0 spiro atoms. The molecule has 1 heterocycles. The van der Waals surface area contributed by atoms with Gasteiger partial charge in [0.15, 0.2) is 5.78 Å². The summed E-state index contributed by atoms with van der Waals surface area (Å²) in [4.78, 5) is 29.0. The highest BCUT2D eigenvalue weighted by molar-refractivity contribution is 6.30. The van der Waals surface area contributed by atoms with Crippen LogP contribution in [-0.2, 0) is 4.79 Å². The van der Waals surface area contributed by atoms with Gasteiger partial charge in [0, 0.05) is 28.3 Å². The van der Waals surface area contributed by atoms with E-state index in [0.29, 0.717) is 22.6 Å². The zero-order valence-corrected chi connectivity index (χ0v) is 19.7. The molecule has 1 aliphatic carbocycles. The molecule has 4 nitrogen and oxygen atoms in total. The molecule has 1 atom stereocenters. The maximum Gasteiger partial charge on any atom is 0.259 e. The Bertz CT molecular complexity index is 1230. The topological polar surface area (TPSA) is 49.4 Å². The molecule has 1 aliphatic heterocycles. The van der Waals surface area contributed by atoms with Crippen molar-refractivity contribution in [2.45, 2.75) is 32.2 Å². The van der Waals surface area contributed by atoms with Gasteiger partial charge in [-0.3, -0.25) is 14.5 Å². The molecule has 0 bridgehead atoms. The van der Waals surface area contributed by atoms with Crippen molar-refractivity contribution in [2.24, 2.45) is 0 Å².